The van der Waals surface area contributed by atoms with E-state index >= 15 is 0 Å². The lowest BCUT2D eigenvalue weighted by molar-refractivity contribution is -0.134. The van der Waals surface area contributed by atoms with Crippen LogP contribution in [-0.4, -0.2) is 105 Å². The van der Waals surface area contributed by atoms with Gasteiger partial charge in [0.2, 0.25) is 11.9 Å². The van der Waals surface area contributed by atoms with Gasteiger partial charge < -0.3 is 19.1 Å². The Morgan fingerprint density at radius 3 is 2.49 bits per heavy atom. The largest absolute Gasteiger partial charge is 0.444 e. The Labute approximate surface area is 211 Å². The van der Waals surface area contributed by atoms with Crippen molar-refractivity contribution in [3.63, 3.8) is 0 Å². The zero-order chi connectivity index (χ0) is 24.7. The van der Waals surface area contributed by atoms with Gasteiger partial charge in [0, 0.05) is 58.1 Å². The SMILES string of the molecule is Cn1c(N2CCN([C@H]3C[C@@H](C(=O)N4CCSC4)N(C(=O)OC(C)(C)C)C3)CC2)nc2ccccc21. The highest BCUT2D eigenvalue weighted by Crippen LogP contribution is 2.29. The van der Waals surface area contributed by atoms with Crippen LogP contribution in [0.1, 0.15) is 27.2 Å². The summed E-state index contributed by atoms with van der Waals surface area (Å²) in [6.45, 7) is 10.4. The molecule has 3 fully saturated rings. The van der Waals surface area contributed by atoms with Crippen LogP contribution in [0.2, 0.25) is 0 Å². The molecule has 0 spiro atoms. The van der Waals surface area contributed by atoms with Gasteiger partial charge in [-0.15, -0.1) is 11.8 Å². The van der Waals surface area contributed by atoms with Crippen molar-refractivity contribution < 1.29 is 14.3 Å². The molecule has 2 atom stereocenters. The number of amides is 2. The summed E-state index contributed by atoms with van der Waals surface area (Å²) in [6, 6.07) is 7.91. The summed E-state index contributed by atoms with van der Waals surface area (Å²) in [5.41, 5.74) is 1.55. The van der Waals surface area contributed by atoms with Crippen LogP contribution in [-0.2, 0) is 16.6 Å². The van der Waals surface area contributed by atoms with E-state index in [1.54, 1.807) is 16.7 Å². The number of rotatable bonds is 3. The number of nitrogens with zero attached hydrogens (tertiary/aromatic N) is 6. The van der Waals surface area contributed by atoms with Crippen LogP contribution in [0.3, 0.4) is 0 Å². The second kappa shape index (κ2) is 9.54. The zero-order valence-electron chi connectivity index (χ0n) is 21.1. The Hall–Kier alpha value is -2.46. The van der Waals surface area contributed by atoms with Crippen LogP contribution in [0, 0.1) is 0 Å². The molecule has 3 aliphatic heterocycles. The lowest BCUT2D eigenvalue weighted by Gasteiger charge is -2.38. The highest BCUT2D eigenvalue weighted by molar-refractivity contribution is 7.99. The Morgan fingerprint density at radius 1 is 1.09 bits per heavy atom. The number of carbonyl (C=O) groups is 2. The van der Waals surface area contributed by atoms with E-state index in [4.69, 9.17) is 9.72 Å². The van der Waals surface area contributed by atoms with Gasteiger partial charge in [0.05, 0.1) is 16.9 Å². The number of aryl methyl sites for hydroxylation is 1. The average molecular weight is 501 g/mol. The second-order valence-corrected chi connectivity index (χ2v) is 11.7. The predicted octanol–water partition coefficient (Wildman–Crippen LogP) is 2.61. The van der Waals surface area contributed by atoms with Gasteiger partial charge in [-0.25, -0.2) is 9.78 Å². The van der Waals surface area contributed by atoms with Gasteiger partial charge >= 0.3 is 6.09 Å². The molecule has 0 N–H and O–H groups in total. The third kappa shape index (κ3) is 4.95. The number of hydrogen-bond acceptors (Lipinski definition) is 7. The molecule has 0 bridgehead atoms. The van der Waals surface area contributed by atoms with Gasteiger partial charge in [0.1, 0.15) is 11.6 Å². The maximum Gasteiger partial charge on any atom is 0.411 e. The van der Waals surface area contributed by atoms with Gasteiger partial charge in [0.15, 0.2) is 0 Å². The van der Waals surface area contributed by atoms with E-state index in [1.165, 1.54) is 0 Å². The monoisotopic (exact) mass is 500 g/mol. The number of imidazole rings is 1. The summed E-state index contributed by atoms with van der Waals surface area (Å²) in [6.07, 6.45) is 0.273. The first-order valence-corrected chi connectivity index (χ1v) is 13.6. The van der Waals surface area contributed by atoms with Crippen molar-refractivity contribution in [2.75, 3.05) is 55.8 Å². The molecule has 9 nitrogen and oxygen atoms in total. The van der Waals surface area contributed by atoms with Crippen molar-refractivity contribution >= 4 is 40.7 Å². The van der Waals surface area contributed by atoms with Crippen LogP contribution in [0.4, 0.5) is 10.7 Å². The Bertz CT molecular complexity index is 1080. The first-order chi connectivity index (χ1) is 16.7. The number of benzene rings is 1. The summed E-state index contributed by atoms with van der Waals surface area (Å²) in [7, 11) is 2.07. The normalized spacial score (nSPS) is 23.9. The third-order valence-corrected chi connectivity index (χ3v) is 8.10. The van der Waals surface area contributed by atoms with E-state index in [0.717, 1.165) is 55.5 Å². The number of aromatic nitrogens is 2. The van der Waals surface area contributed by atoms with Gasteiger partial charge in [-0.3, -0.25) is 14.6 Å². The molecular formula is C25H36N6O3S. The van der Waals surface area contributed by atoms with Crippen molar-refractivity contribution in [1.82, 2.24) is 24.3 Å². The molecule has 0 aliphatic carbocycles. The summed E-state index contributed by atoms with van der Waals surface area (Å²) in [5, 5.41) is 0. The van der Waals surface area contributed by atoms with Gasteiger partial charge in [-0.2, -0.15) is 0 Å². The van der Waals surface area contributed by atoms with Crippen LogP contribution >= 0.6 is 11.8 Å². The van der Waals surface area contributed by atoms with Crippen molar-refractivity contribution in [3.05, 3.63) is 24.3 Å². The van der Waals surface area contributed by atoms with E-state index in [0.29, 0.717) is 18.8 Å². The molecule has 1 aromatic heterocycles. The summed E-state index contributed by atoms with van der Waals surface area (Å²) >= 11 is 1.76. The fourth-order valence-corrected chi connectivity index (χ4v) is 6.29. The molecule has 4 heterocycles. The van der Waals surface area contributed by atoms with Crippen molar-refractivity contribution in [1.29, 1.82) is 0 Å². The van der Waals surface area contributed by atoms with Crippen LogP contribution in [0.15, 0.2) is 24.3 Å². The smallest absolute Gasteiger partial charge is 0.411 e. The first-order valence-electron chi connectivity index (χ1n) is 12.5. The van der Waals surface area contributed by atoms with E-state index < -0.39 is 11.6 Å². The average Bonchev–Trinajstić information content (AvgIpc) is 3.57. The highest BCUT2D eigenvalue weighted by atomic mass is 32.2. The molecular weight excluding hydrogens is 464 g/mol. The van der Waals surface area contributed by atoms with E-state index in [2.05, 4.69) is 33.5 Å². The standard InChI is InChI=1S/C25H36N6O3S/c1-25(2,3)34-24(33)31-16-18(15-21(31)22(32)30-13-14-35-17-30)28-9-11-29(12-10-28)23-26-19-7-5-6-8-20(19)27(23)4/h5-8,18,21H,9-17H2,1-4H3/t18-,21-/m0/s1. The van der Waals surface area contributed by atoms with Crippen LogP contribution in [0.5, 0.6) is 0 Å². The maximum absolute atomic E-state index is 13.3. The van der Waals surface area contributed by atoms with Crippen molar-refractivity contribution in [3.8, 4) is 0 Å². The summed E-state index contributed by atoms with van der Waals surface area (Å²) in [4.78, 5) is 39.6. The highest BCUT2D eigenvalue weighted by Gasteiger charge is 2.45. The van der Waals surface area contributed by atoms with E-state index in [9.17, 15) is 9.59 Å². The lowest BCUT2D eigenvalue weighted by Crippen LogP contribution is -2.52. The Kier molecular flexibility index (Phi) is 6.61. The Balaban J connectivity index is 1.27. The third-order valence-electron chi connectivity index (χ3n) is 7.13. The van der Waals surface area contributed by atoms with Crippen molar-refractivity contribution in [2.45, 2.75) is 44.9 Å². The number of para-hydroxylation sites is 2. The minimum absolute atomic E-state index is 0.0571. The van der Waals surface area contributed by atoms with Gasteiger partial charge in [0.25, 0.3) is 0 Å². The van der Waals surface area contributed by atoms with Gasteiger partial charge in [-0.1, -0.05) is 12.1 Å². The lowest BCUT2D eigenvalue weighted by atomic mass is 10.1. The van der Waals surface area contributed by atoms with E-state index in [1.807, 2.05) is 37.8 Å². The summed E-state index contributed by atoms with van der Waals surface area (Å²) < 4.78 is 7.85. The molecule has 0 radical (unpaired) electrons. The molecule has 10 heteroatoms. The number of piperazine rings is 1. The fourth-order valence-electron chi connectivity index (χ4n) is 5.34. The number of carbonyl (C=O) groups excluding carboxylic acids is 2. The van der Waals surface area contributed by atoms with Crippen LogP contribution in [0.25, 0.3) is 11.0 Å². The summed E-state index contributed by atoms with van der Waals surface area (Å²) in [5.74, 6) is 2.71. The first kappa shape index (κ1) is 24.2. The molecule has 2 amide bonds. The minimum atomic E-state index is -0.594. The number of hydrogen-bond donors (Lipinski definition) is 0. The van der Waals surface area contributed by atoms with Gasteiger partial charge in [-0.05, 0) is 39.3 Å². The number of thioether (sulfide) groups is 1. The topological polar surface area (TPSA) is 74.2 Å². The molecule has 3 saturated heterocycles. The van der Waals surface area contributed by atoms with E-state index in [-0.39, 0.29) is 18.0 Å². The number of anilines is 1. The molecule has 190 valence electrons. The fraction of sp³-hybridized carbons (Fsp3) is 0.640. The minimum Gasteiger partial charge on any atom is -0.444 e. The quantitative estimate of drug-likeness (QED) is 0.641. The van der Waals surface area contributed by atoms with Crippen molar-refractivity contribution in [2.24, 2.45) is 7.05 Å². The molecule has 35 heavy (non-hydrogen) atoms. The molecule has 0 saturated carbocycles. The molecule has 2 aromatic rings. The molecule has 0 unspecified atom stereocenters. The number of ether oxygens (including phenoxy) is 1. The predicted molar refractivity (Wildman–Crippen MR) is 139 cm³/mol. The second-order valence-electron chi connectivity index (χ2n) is 10.7. The Morgan fingerprint density at radius 2 is 1.83 bits per heavy atom. The molecule has 5 rings (SSSR count). The maximum atomic E-state index is 13.3. The number of fused-ring (bicyclic) bond motifs is 1. The molecule has 3 aliphatic rings. The zero-order valence-corrected chi connectivity index (χ0v) is 22.0. The molecule has 1 aromatic carbocycles. The number of likely N-dealkylation sites (tertiary alicyclic amines) is 1. The van der Waals surface area contributed by atoms with Crippen LogP contribution < -0.4 is 4.90 Å².